The third-order valence-corrected chi connectivity index (χ3v) is 2.89. The summed E-state index contributed by atoms with van der Waals surface area (Å²) >= 11 is 3.38. The van der Waals surface area contributed by atoms with Crippen molar-refractivity contribution < 1.29 is 14.2 Å². The van der Waals surface area contributed by atoms with Crippen molar-refractivity contribution in [3.63, 3.8) is 0 Å². The Bertz CT molecular complexity index is 380. The van der Waals surface area contributed by atoms with Crippen LogP contribution in [0.25, 0.3) is 0 Å². The van der Waals surface area contributed by atoms with Crippen molar-refractivity contribution in [2.45, 2.75) is 19.8 Å². The van der Waals surface area contributed by atoms with Gasteiger partial charge in [-0.1, -0.05) is 6.92 Å². The van der Waals surface area contributed by atoms with Gasteiger partial charge in [0.2, 0.25) is 11.8 Å². The van der Waals surface area contributed by atoms with E-state index in [1.807, 2.05) is 0 Å². The molecule has 0 aliphatic carbocycles. The fraction of sp³-hybridized carbons (Fsp3) is 0.692. The number of ether oxygens (including phenoxy) is 3. The molecule has 0 aliphatic rings. The first kappa shape index (κ1) is 17.1. The topological polar surface area (TPSA) is 65.5 Å². The Hall–Kier alpha value is -0.920. The molecule has 0 spiro atoms. The second kappa shape index (κ2) is 10.8. The van der Waals surface area contributed by atoms with Gasteiger partial charge in [0, 0.05) is 26.7 Å². The molecule has 0 bridgehead atoms. The van der Waals surface area contributed by atoms with Crippen LogP contribution < -0.4 is 10.1 Å². The molecule has 0 amide bonds. The maximum atomic E-state index is 5.61. The normalized spacial score (nSPS) is 10.6. The van der Waals surface area contributed by atoms with E-state index < -0.39 is 0 Å². The van der Waals surface area contributed by atoms with E-state index >= 15 is 0 Å². The molecule has 1 heterocycles. The Labute approximate surface area is 128 Å². The van der Waals surface area contributed by atoms with Crippen LogP contribution in [0.15, 0.2) is 10.7 Å². The minimum atomic E-state index is 0.551. The Kier molecular flexibility index (Phi) is 9.27. The van der Waals surface area contributed by atoms with Crippen molar-refractivity contribution in [2.75, 3.05) is 45.4 Å². The largest absolute Gasteiger partial charge is 0.477 e. The molecule has 0 saturated heterocycles. The Morgan fingerprint density at radius 2 is 2.10 bits per heavy atom. The van der Waals surface area contributed by atoms with Gasteiger partial charge in [0.05, 0.1) is 30.5 Å². The molecule has 20 heavy (non-hydrogen) atoms. The lowest BCUT2D eigenvalue weighted by atomic mass is 10.5. The summed E-state index contributed by atoms with van der Waals surface area (Å²) in [6.45, 7) is 5.35. The van der Waals surface area contributed by atoms with Crippen molar-refractivity contribution in [1.29, 1.82) is 0 Å². The van der Waals surface area contributed by atoms with Crippen LogP contribution in [0, 0.1) is 0 Å². The monoisotopic (exact) mass is 347 g/mol. The van der Waals surface area contributed by atoms with E-state index in [9.17, 15) is 0 Å². The lowest BCUT2D eigenvalue weighted by Crippen LogP contribution is -2.09. The van der Waals surface area contributed by atoms with Crippen LogP contribution in [0.3, 0.4) is 0 Å². The minimum absolute atomic E-state index is 0.551. The number of hydrogen-bond acceptors (Lipinski definition) is 6. The fourth-order valence-electron chi connectivity index (χ4n) is 1.35. The first-order valence-corrected chi connectivity index (χ1v) is 7.53. The molecule has 114 valence electrons. The lowest BCUT2D eigenvalue weighted by molar-refractivity contribution is 0.0641. The van der Waals surface area contributed by atoms with Gasteiger partial charge in [-0.25, -0.2) is 4.98 Å². The summed E-state index contributed by atoms with van der Waals surface area (Å²) in [7, 11) is 1.66. The number of nitrogens with one attached hydrogen (secondary N) is 1. The number of halogens is 1. The average Bonchev–Trinajstić information content (AvgIpc) is 2.46. The van der Waals surface area contributed by atoms with Crippen LogP contribution in [-0.2, 0) is 9.47 Å². The van der Waals surface area contributed by atoms with Crippen molar-refractivity contribution in [3.8, 4) is 5.88 Å². The van der Waals surface area contributed by atoms with Gasteiger partial charge < -0.3 is 19.5 Å². The Morgan fingerprint density at radius 1 is 1.25 bits per heavy atom. The minimum Gasteiger partial charge on any atom is -0.477 e. The molecule has 0 atom stereocenters. The van der Waals surface area contributed by atoms with Crippen LogP contribution in [0.1, 0.15) is 19.8 Å². The van der Waals surface area contributed by atoms with Gasteiger partial charge in [-0.15, -0.1) is 0 Å². The molecule has 1 N–H and O–H groups in total. The summed E-state index contributed by atoms with van der Waals surface area (Å²) in [4.78, 5) is 8.47. The number of rotatable bonds is 11. The van der Waals surface area contributed by atoms with Gasteiger partial charge in [0.15, 0.2) is 0 Å². The maximum Gasteiger partial charge on any atom is 0.232 e. The van der Waals surface area contributed by atoms with Crippen LogP contribution in [0.5, 0.6) is 5.88 Å². The zero-order chi connectivity index (χ0) is 14.6. The van der Waals surface area contributed by atoms with E-state index in [0.717, 1.165) is 23.9 Å². The molecule has 1 rings (SSSR count). The zero-order valence-electron chi connectivity index (χ0n) is 12.0. The van der Waals surface area contributed by atoms with Crippen molar-refractivity contribution in [3.05, 3.63) is 10.7 Å². The van der Waals surface area contributed by atoms with Gasteiger partial charge in [-0.2, -0.15) is 4.98 Å². The van der Waals surface area contributed by atoms with Gasteiger partial charge in [-0.3, -0.25) is 0 Å². The highest BCUT2D eigenvalue weighted by Crippen LogP contribution is 2.22. The van der Waals surface area contributed by atoms with Crippen molar-refractivity contribution >= 4 is 21.9 Å². The molecular formula is C13H22BrN3O3. The highest BCUT2D eigenvalue weighted by molar-refractivity contribution is 9.10. The molecule has 1 aromatic rings. The first-order valence-electron chi connectivity index (χ1n) is 6.73. The van der Waals surface area contributed by atoms with Crippen LogP contribution in [0.4, 0.5) is 5.95 Å². The highest BCUT2D eigenvalue weighted by Gasteiger charge is 2.05. The van der Waals surface area contributed by atoms with Gasteiger partial charge in [-0.05, 0) is 22.4 Å². The predicted octanol–water partition coefficient (Wildman–Crippen LogP) is 2.49. The third-order valence-electron chi connectivity index (χ3n) is 2.35. The second-order valence-corrected chi connectivity index (χ2v) is 4.93. The summed E-state index contributed by atoms with van der Waals surface area (Å²) in [6, 6.07) is 0. The quantitative estimate of drug-likeness (QED) is 0.620. The number of anilines is 1. The maximum absolute atomic E-state index is 5.61. The molecule has 0 aliphatic heterocycles. The second-order valence-electron chi connectivity index (χ2n) is 4.08. The number of nitrogens with zero attached hydrogens (tertiary/aromatic N) is 2. The van der Waals surface area contributed by atoms with Crippen LogP contribution in [0.2, 0.25) is 0 Å². The number of aromatic nitrogens is 2. The summed E-state index contributed by atoms with van der Waals surface area (Å²) in [5.41, 5.74) is 0. The smallest absolute Gasteiger partial charge is 0.232 e. The number of hydrogen-bond donors (Lipinski definition) is 1. The molecule has 0 radical (unpaired) electrons. The van der Waals surface area contributed by atoms with Gasteiger partial charge >= 0.3 is 0 Å². The molecule has 1 aromatic heterocycles. The predicted molar refractivity (Wildman–Crippen MR) is 81.3 cm³/mol. The third kappa shape index (κ3) is 7.02. The molecule has 0 unspecified atom stereocenters. The average molecular weight is 348 g/mol. The fourth-order valence-corrected chi connectivity index (χ4v) is 1.65. The summed E-state index contributed by atoms with van der Waals surface area (Å²) in [6.07, 6.45) is 3.52. The number of methoxy groups -OCH3 is 1. The molecular weight excluding hydrogens is 326 g/mol. The van der Waals surface area contributed by atoms with E-state index in [1.165, 1.54) is 0 Å². The van der Waals surface area contributed by atoms with E-state index in [2.05, 4.69) is 38.1 Å². The Morgan fingerprint density at radius 3 is 2.85 bits per heavy atom. The summed E-state index contributed by atoms with van der Waals surface area (Å²) < 4.78 is 16.6. The van der Waals surface area contributed by atoms with Crippen molar-refractivity contribution in [1.82, 2.24) is 9.97 Å². The summed E-state index contributed by atoms with van der Waals surface area (Å²) in [5.74, 6) is 1.14. The van der Waals surface area contributed by atoms with Gasteiger partial charge in [0.1, 0.15) is 0 Å². The molecule has 6 nitrogen and oxygen atoms in total. The standard InChI is InChI=1S/C13H22BrN3O3/c1-3-5-15-13-16-10-11(14)12(17-13)20-7-4-6-19-9-8-18-2/h10H,3-9H2,1-2H3,(H,15,16,17). The SMILES string of the molecule is CCCNc1ncc(Br)c(OCCCOCCOC)n1. The molecule has 0 saturated carbocycles. The van der Waals surface area contributed by atoms with E-state index in [-0.39, 0.29) is 0 Å². The molecule has 0 fully saturated rings. The molecule has 0 aromatic carbocycles. The van der Waals surface area contributed by atoms with Gasteiger partial charge in [0.25, 0.3) is 0 Å². The van der Waals surface area contributed by atoms with Crippen LogP contribution in [-0.4, -0.2) is 50.1 Å². The zero-order valence-corrected chi connectivity index (χ0v) is 13.6. The Balaban J connectivity index is 2.27. The van der Waals surface area contributed by atoms with E-state index in [4.69, 9.17) is 14.2 Å². The lowest BCUT2D eigenvalue weighted by Gasteiger charge is -2.09. The van der Waals surface area contributed by atoms with Crippen LogP contribution >= 0.6 is 15.9 Å². The summed E-state index contributed by atoms with van der Waals surface area (Å²) in [5, 5.41) is 3.13. The van der Waals surface area contributed by atoms with E-state index in [0.29, 0.717) is 38.3 Å². The highest BCUT2D eigenvalue weighted by atomic mass is 79.9. The van der Waals surface area contributed by atoms with E-state index in [1.54, 1.807) is 13.3 Å². The van der Waals surface area contributed by atoms with Crippen molar-refractivity contribution in [2.24, 2.45) is 0 Å². The first-order chi connectivity index (χ1) is 9.77. The molecule has 7 heteroatoms.